The van der Waals surface area contributed by atoms with E-state index in [1.54, 1.807) is 12.4 Å². The molecule has 0 atom stereocenters. The average molecular weight is 270 g/mol. The summed E-state index contributed by atoms with van der Waals surface area (Å²) in [4.78, 5) is 12.8. The summed E-state index contributed by atoms with van der Waals surface area (Å²) in [6, 6.07) is 3.93. The maximum Gasteiger partial charge on any atom is 0.241 e. The molecule has 0 spiro atoms. The summed E-state index contributed by atoms with van der Waals surface area (Å²) < 4.78 is 0. The minimum atomic E-state index is 0.321. The molecule has 3 aromatic rings. The number of anilines is 2. The average Bonchev–Trinajstić information content (AvgIpc) is 2.94. The Morgan fingerprint density at radius 3 is 3.05 bits per heavy atom. The first-order valence-electron chi connectivity index (χ1n) is 6.10. The van der Waals surface area contributed by atoms with E-state index >= 15 is 0 Å². The van der Waals surface area contributed by atoms with Gasteiger partial charge < -0.3 is 5.32 Å². The van der Waals surface area contributed by atoms with Crippen LogP contribution in [0.1, 0.15) is 11.3 Å². The monoisotopic (exact) mass is 270 g/mol. The van der Waals surface area contributed by atoms with E-state index in [2.05, 4.69) is 35.9 Å². The quantitative estimate of drug-likeness (QED) is 0.412. The topological polar surface area (TPSA) is 117 Å². The van der Waals surface area contributed by atoms with Crippen molar-refractivity contribution in [3.05, 3.63) is 35.8 Å². The van der Waals surface area contributed by atoms with Gasteiger partial charge in [0, 0.05) is 6.20 Å². The number of nitrogens with zero attached hydrogens (tertiary/aromatic N) is 4. The van der Waals surface area contributed by atoms with Gasteiger partial charge in [0.25, 0.3) is 0 Å². The molecule has 0 amide bonds. The first-order valence-corrected chi connectivity index (χ1v) is 6.10. The van der Waals surface area contributed by atoms with Crippen LogP contribution < -0.4 is 16.6 Å². The molecule has 0 bridgehead atoms. The number of aromatic amines is 1. The van der Waals surface area contributed by atoms with E-state index in [9.17, 15) is 0 Å². The number of pyridine rings is 1. The van der Waals surface area contributed by atoms with Crippen LogP contribution >= 0.6 is 0 Å². The Morgan fingerprint density at radius 2 is 2.25 bits per heavy atom. The summed E-state index contributed by atoms with van der Waals surface area (Å²) in [6.07, 6.45) is 3.44. The SMILES string of the molecule is Cc1cccnc1CNc1nc(NN)nc2[nH]ncc12. The molecule has 8 nitrogen and oxygen atoms in total. The molecule has 20 heavy (non-hydrogen) atoms. The van der Waals surface area contributed by atoms with Crippen LogP contribution in [-0.2, 0) is 6.54 Å². The fourth-order valence-electron chi connectivity index (χ4n) is 1.91. The van der Waals surface area contributed by atoms with E-state index in [1.165, 1.54) is 0 Å². The molecule has 3 rings (SSSR count). The Morgan fingerprint density at radius 1 is 1.35 bits per heavy atom. The van der Waals surface area contributed by atoms with Gasteiger partial charge in [-0.1, -0.05) is 6.07 Å². The molecule has 0 unspecified atom stereocenters. The summed E-state index contributed by atoms with van der Waals surface area (Å²) in [5, 5.41) is 10.8. The Balaban J connectivity index is 1.90. The molecule has 0 aliphatic carbocycles. The Kier molecular flexibility index (Phi) is 3.13. The van der Waals surface area contributed by atoms with Crippen LogP contribution in [0.2, 0.25) is 0 Å². The number of H-pyrrole nitrogens is 1. The van der Waals surface area contributed by atoms with Gasteiger partial charge in [-0.05, 0) is 18.6 Å². The van der Waals surface area contributed by atoms with E-state index in [-0.39, 0.29) is 0 Å². The van der Waals surface area contributed by atoms with Gasteiger partial charge >= 0.3 is 0 Å². The molecule has 8 heteroatoms. The van der Waals surface area contributed by atoms with Crippen molar-refractivity contribution < 1.29 is 0 Å². The number of hydrazine groups is 1. The number of nitrogen functional groups attached to an aromatic ring is 1. The first-order chi connectivity index (χ1) is 9.78. The molecular formula is C12H14N8. The van der Waals surface area contributed by atoms with Crippen LogP contribution in [0.3, 0.4) is 0 Å². The molecule has 5 N–H and O–H groups in total. The van der Waals surface area contributed by atoms with Gasteiger partial charge in [-0.25, -0.2) is 5.84 Å². The molecule has 3 aromatic heterocycles. The predicted molar refractivity (Wildman–Crippen MR) is 75.8 cm³/mol. The third-order valence-electron chi connectivity index (χ3n) is 2.98. The minimum Gasteiger partial charge on any atom is -0.364 e. The number of aromatic nitrogens is 5. The zero-order chi connectivity index (χ0) is 13.9. The van der Waals surface area contributed by atoms with Crippen molar-refractivity contribution in [2.75, 3.05) is 10.7 Å². The minimum absolute atomic E-state index is 0.321. The second kappa shape index (κ2) is 5.10. The maximum absolute atomic E-state index is 5.36. The van der Waals surface area contributed by atoms with Crippen LogP contribution in [0.5, 0.6) is 0 Å². The van der Waals surface area contributed by atoms with E-state index in [4.69, 9.17) is 5.84 Å². The Labute approximate surface area is 114 Å². The van der Waals surface area contributed by atoms with Crippen molar-refractivity contribution >= 4 is 22.8 Å². The fraction of sp³-hybridized carbons (Fsp3) is 0.167. The number of hydrogen-bond acceptors (Lipinski definition) is 7. The largest absolute Gasteiger partial charge is 0.364 e. The van der Waals surface area contributed by atoms with Crippen LogP contribution in [0.4, 0.5) is 11.8 Å². The summed E-state index contributed by atoms with van der Waals surface area (Å²) >= 11 is 0. The van der Waals surface area contributed by atoms with Crippen molar-refractivity contribution in [3.8, 4) is 0 Å². The number of nitrogens with two attached hydrogens (primary N) is 1. The lowest BCUT2D eigenvalue weighted by atomic mass is 10.2. The molecular weight excluding hydrogens is 256 g/mol. The summed E-state index contributed by atoms with van der Waals surface area (Å²) in [6.45, 7) is 2.58. The molecule has 0 aliphatic heterocycles. The van der Waals surface area contributed by atoms with Crippen LogP contribution in [0.25, 0.3) is 11.0 Å². The van der Waals surface area contributed by atoms with Gasteiger partial charge in [-0.15, -0.1) is 0 Å². The zero-order valence-corrected chi connectivity index (χ0v) is 10.9. The lowest BCUT2D eigenvalue weighted by molar-refractivity contribution is 1.00. The smallest absolute Gasteiger partial charge is 0.241 e. The van der Waals surface area contributed by atoms with E-state index < -0.39 is 0 Å². The van der Waals surface area contributed by atoms with Crippen molar-refractivity contribution in [2.45, 2.75) is 13.5 Å². The van der Waals surface area contributed by atoms with Gasteiger partial charge in [-0.3, -0.25) is 15.5 Å². The fourth-order valence-corrected chi connectivity index (χ4v) is 1.91. The Bertz CT molecular complexity index is 735. The third-order valence-corrected chi connectivity index (χ3v) is 2.98. The highest BCUT2D eigenvalue weighted by molar-refractivity contribution is 5.86. The zero-order valence-electron chi connectivity index (χ0n) is 10.9. The predicted octanol–water partition coefficient (Wildman–Crippen LogP) is 0.954. The van der Waals surface area contributed by atoms with Crippen LogP contribution in [0.15, 0.2) is 24.5 Å². The lowest BCUT2D eigenvalue weighted by Gasteiger charge is -2.09. The van der Waals surface area contributed by atoms with Gasteiger partial charge in [-0.2, -0.15) is 15.1 Å². The van der Waals surface area contributed by atoms with Crippen molar-refractivity contribution in [1.29, 1.82) is 0 Å². The van der Waals surface area contributed by atoms with Gasteiger partial charge in [0.15, 0.2) is 5.65 Å². The summed E-state index contributed by atoms with van der Waals surface area (Å²) in [5.41, 5.74) is 5.13. The second-order valence-corrected chi connectivity index (χ2v) is 4.29. The van der Waals surface area contributed by atoms with Crippen molar-refractivity contribution in [3.63, 3.8) is 0 Å². The van der Waals surface area contributed by atoms with Gasteiger partial charge in [0.1, 0.15) is 5.82 Å². The lowest BCUT2D eigenvalue weighted by Crippen LogP contribution is -2.12. The molecule has 0 aromatic carbocycles. The van der Waals surface area contributed by atoms with E-state index in [1.807, 2.05) is 19.1 Å². The second-order valence-electron chi connectivity index (χ2n) is 4.29. The highest BCUT2D eigenvalue weighted by Crippen LogP contribution is 2.20. The van der Waals surface area contributed by atoms with E-state index in [0.717, 1.165) is 16.6 Å². The third kappa shape index (κ3) is 2.24. The standard InChI is InChI=1S/C12H14N8/c1-7-3-2-4-14-9(7)6-15-10-8-5-16-20-11(8)18-12(17-10)19-13/h2-5H,6,13H2,1H3,(H3,15,16,17,18,19,20). The molecule has 0 saturated heterocycles. The maximum atomic E-state index is 5.36. The normalized spacial score (nSPS) is 10.7. The molecule has 0 saturated carbocycles. The number of nitrogens with one attached hydrogen (secondary N) is 3. The summed E-state index contributed by atoms with van der Waals surface area (Å²) in [7, 11) is 0. The number of hydrogen-bond donors (Lipinski definition) is 4. The van der Waals surface area contributed by atoms with Crippen LogP contribution in [0, 0.1) is 6.92 Å². The van der Waals surface area contributed by atoms with Crippen molar-refractivity contribution in [2.24, 2.45) is 5.84 Å². The number of aryl methyl sites for hydroxylation is 1. The Hall–Kier alpha value is -2.74. The number of fused-ring (bicyclic) bond motifs is 1. The van der Waals surface area contributed by atoms with Gasteiger partial charge in [0.05, 0.1) is 23.8 Å². The first kappa shape index (κ1) is 12.3. The van der Waals surface area contributed by atoms with Gasteiger partial charge in [0.2, 0.25) is 5.95 Å². The molecule has 0 aliphatic rings. The highest BCUT2D eigenvalue weighted by atomic mass is 15.3. The van der Waals surface area contributed by atoms with E-state index in [0.29, 0.717) is 24.0 Å². The highest BCUT2D eigenvalue weighted by Gasteiger charge is 2.09. The van der Waals surface area contributed by atoms with Crippen molar-refractivity contribution in [1.82, 2.24) is 25.1 Å². The summed E-state index contributed by atoms with van der Waals surface area (Å²) in [5.74, 6) is 6.34. The molecule has 102 valence electrons. The number of rotatable bonds is 4. The van der Waals surface area contributed by atoms with Crippen LogP contribution in [-0.4, -0.2) is 25.1 Å². The molecule has 0 fully saturated rings. The molecule has 3 heterocycles. The molecule has 0 radical (unpaired) electrons.